The van der Waals surface area contributed by atoms with E-state index >= 15 is 0 Å². The monoisotopic (exact) mass is 466 g/mol. The Balaban J connectivity index is 1.53. The summed E-state index contributed by atoms with van der Waals surface area (Å²) in [5, 5.41) is 6.68. The Morgan fingerprint density at radius 1 is 0.943 bits per heavy atom. The zero-order valence-corrected chi connectivity index (χ0v) is 20.3. The number of amides is 2. The molecule has 0 radical (unpaired) electrons. The van der Waals surface area contributed by atoms with E-state index in [1.165, 1.54) is 12.5 Å². The van der Waals surface area contributed by atoms with Gasteiger partial charge in [-0.2, -0.15) is 0 Å². The zero-order chi connectivity index (χ0) is 24.8. The van der Waals surface area contributed by atoms with E-state index in [2.05, 4.69) is 27.7 Å². The molecular formula is C29H30N4O2. The van der Waals surface area contributed by atoms with Crippen molar-refractivity contribution in [3.05, 3.63) is 95.6 Å². The summed E-state index contributed by atoms with van der Waals surface area (Å²) in [5.74, 6) is -0.238. The number of benzene rings is 3. The molecule has 4 rings (SSSR count). The number of carbonyl (C=O) groups excluding carboxylic acids is 2. The number of anilines is 1. The summed E-state index contributed by atoms with van der Waals surface area (Å²) in [4.78, 5) is 31.6. The Bertz CT molecular complexity index is 1330. The lowest BCUT2D eigenvalue weighted by Gasteiger charge is -2.17. The average Bonchev–Trinajstić information content (AvgIpc) is 2.84. The second-order valence-corrected chi connectivity index (χ2v) is 8.81. The third-order valence-corrected chi connectivity index (χ3v) is 5.78. The highest BCUT2D eigenvalue weighted by molar-refractivity contribution is 6.07. The fourth-order valence-corrected chi connectivity index (χ4v) is 4.03. The van der Waals surface area contributed by atoms with Gasteiger partial charge < -0.3 is 15.5 Å². The van der Waals surface area contributed by atoms with Gasteiger partial charge in [-0.25, -0.2) is 4.98 Å². The van der Waals surface area contributed by atoms with Gasteiger partial charge in [-0.05, 0) is 49.9 Å². The Labute approximate surface area is 206 Å². The van der Waals surface area contributed by atoms with E-state index < -0.39 is 0 Å². The summed E-state index contributed by atoms with van der Waals surface area (Å²) in [6, 6.07) is 25.5. The largest absolute Gasteiger partial charge is 0.351 e. The van der Waals surface area contributed by atoms with Gasteiger partial charge in [-0.1, -0.05) is 54.1 Å². The van der Waals surface area contributed by atoms with E-state index in [1.807, 2.05) is 80.7 Å². The standard InChI is InChI=1S/C29H30N4O2/c1-20-9-14-27-25(17-20)26(18-28(32-27)23-10-12-24(13-11-23)31-21(2)34)29(35)30-15-16-33(3)19-22-7-5-4-6-8-22/h4-14,17-18H,15-16,19H2,1-3H3,(H,30,35)(H,31,34). The van der Waals surface area contributed by atoms with Gasteiger partial charge in [0.25, 0.3) is 5.91 Å². The second kappa shape index (κ2) is 10.9. The van der Waals surface area contributed by atoms with Crippen LogP contribution in [-0.2, 0) is 11.3 Å². The molecule has 0 aliphatic heterocycles. The van der Waals surface area contributed by atoms with Gasteiger partial charge in [0.15, 0.2) is 0 Å². The molecule has 178 valence electrons. The van der Waals surface area contributed by atoms with Crippen molar-refractivity contribution < 1.29 is 9.59 Å². The van der Waals surface area contributed by atoms with E-state index in [-0.39, 0.29) is 11.8 Å². The Morgan fingerprint density at radius 3 is 2.40 bits per heavy atom. The molecule has 0 saturated carbocycles. The van der Waals surface area contributed by atoms with Crippen LogP contribution in [0.5, 0.6) is 0 Å². The van der Waals surface area contributed by atoms with Gasteiger partial charge >= 0.3 is 0 Å². The summed E-state index contributed by atoms with van der Waals surface area (Å²) in [7, 11) is 2.05. The van der Waals surface area contributed by atoms with Crippen LogP contribution in [-0.4, -0.2) is 41.8 Å². The number of hydrogen-bond acceptors (Lipinski definition) is 4. The van der Waals surface area contributed by atoms with Crippen molar-refractivity contribution >= 4 is 28.4 Å². The smallest absolute Gasteiger partial charge is 0.252 e. The molecule has 0 fully saturated rings. The van der Waals surface area contributed by atoms with Crippen molar-refractivity contribution in [2.45, 2.75) is 20.4 Å². The highest BCUT2D eigenvalue weighted by Gasteiger charge is 2.15. The van der Waals surface area contributed by atoms with Crippen molar-refractivity contribution in [1.82, 2.24) is 15.2 Å². The fraction of sp³-hybridized carbons (Fsp3) is 0.207. The van der Waals surface area contributed by atoms with Crippen molar-refractivity contribution in [3.63, 3.8) is 0 Å². The molecule has 1 heterocycles. The van der Waals surface area contributed by atoms with Crippen molar-refractivity contribution in [2.75, 3.05) is 25.5 Å². The molecule has 2 amide bonds. The Kier molecular flexibility index (Phi) is 7.53. The van der Waals surface area contributed by atoms with Crippen molar-refractivity contribution in [2.24, 2.45) is 0 Å². The van der Waals surface area contributed by atoms with Crippen LogP contribution in [0, 0.1) is 6.92 Å². The molecule has 0 atom stereocenters. The Morgan fingerprint density at radius 2 is 1.69 bits per heavy atom. The summed E-state index contributed by atoms with van der Waals surface area (Å²) in [6.07, 6.45) is 0. The number of hydrogen-bond donors (Lipinski definition) is 2. The SMILES string of the molecule is CC(=O)Nc1ccc(-c2cc(C(=O)NCCN(C)Cc3ccccc3)c3cc(C)ccc3n2)cc1. The molecule has 6 heteroatoms. The van der Waals surface area contributed by atoms with Gasteiger partial charge in [-0.3, -0.25) is 9.59 Å². The number of nitrogens with zero attached hydrogens (tertiary/aromatic N) is 2. The number of likely N-dealkylation sites (N-methyl/N-ethyl adjacent to an activating group) is 1. The first-order chi connectivity index (χ1) is 16.9. The maximum atomic E-state index is 13.3. The van der Waals surface area contributed by atoms with Gasteiger partial charge in [0, 0.05) is 43.2 Å². The van der Waals surface area contributed by atoms with Crippen LogP contribution in [0.15, 0.2) is 78.9 Å². The number of pyridine rings is 1. The number of carbonyl (C=O) groups is 2. The predicted molar refractivity (Wildman–Crippen MR) is 141 cm³/mol. The minimum atomic E-state index is -0.120. The number of aryl methyl sites for hydroxylation is 1. The lowest BCUT2D eigenvalue weighted by Crippen LogP contribution is -2.33. The Hall–Kier alpha value is -4.03. The summed E-state index contributed by atoms with van der Waals surface area (Å²) in [6.45, 7) is 5.59. The normalized spacial score (nSPS) is 11.0. The predicted octanol–water partition coefficient (Wildman–Crippen LogP) is 5.03. The first-order valence-corrected chi connectivity index (χ1v) is 11.7. The lowest BCUT2D eigenvalue weighted by molar-refractivity contribution is -0.114. The number of rotatable bonds is 8. The molecule has 0 saturated heterocycles. The summed E-state index contributed by atoms with van der Waals surface area (Å²) in [5.41, 5.74) is 5.99. The first-order valence-electron chi connectivity index (χ1n) is 11.7. The van der Waals surface area contributed by atoms with E-state index in [0.717, 1.165) is 40.8 Å². The maximum Gasteiger partial charge on any atom is 0.252 e. The van der Waals surface area contributed by atoms with E-state index in [9.17, 15) is 9.59 Å². The minimum Gasteiger partial charge on any atom is -0.351 e. The molecule has 0 bridgehead atoms. The first kappa shape index (κ1) is 24.1. The maximum absolute atomic E-state index is 13.3. The minimum absolute atomic E-state index is 0.118. The average molecular weight is 467 g/mol. The molecule has 3 aromatic carbocycles. The highest BCUT2D eigenvalue weighted by atomic mass is 16.2. The van der Waals surface area contributed by atoms with E-state index in [1.54, 1.807) is 0 Å². The molecule has 35 heavy (non-hydrogen) atoms. The number of aromatic nitrogens is 1. The molecule has 6 nitrogen and oxygen atoms in total. The van der Waals surface area contributed by atoms with Crippen LogP contribution in [0.2, 0.25) is 0 Å². The van der Waals surface area contributed by atoms with Crippen LogP contribution >= 0.6 is 0 Å². The molecule has 4 aromatic rings. The second-order valence-electron chi connectivity index (χ2n) is 8.81. The zero-order valence-electron chi connectivity index (χ0n) is 20.3. The van der Waals surface area contributed by atoms with Crippen molar-refractivity contribution in [1.29, 1.82) is 0 Å². The van der Waals surface area contributed by atoms with Crippen LogP contribution < -0.4 is 10.6 Å². The molecule has 0 aliphatic carbocycles. The molecular weight excluding hydrogens is 436 g/mol. The third kappa shape index (κ3) is 6.31. The number of fused-ring (bicyclic) bond motifs is 1. The van der Waals surface area contributed by atoms with Crippen LogP contribution in [0.1, 0.15) is 28.4 Å². The quantitative estimate of drug-likeness (QED) is 0.382. The van der Waals surface area contributed by atoms with Crippen LogP contribution in [0.25, 0.3) is 22.2 Å². The van der Waals surface area contributed by atoms with Crippen LogP contribution in [0.3, 0.4) is 0 Å². The lowest BCUT2D eigenvalue weighted by atomic mass is 10.0. The molecule has 1 aromatic heterocycles. The van der Waals surface area contributed by atoms with Gasteiger partial charge in [0.1, 0.15) is 0 Å². The summed E-state index contributed by atoms with van der Waals surface area (Å²) < 4.78 is 0. The molecule has 0 spiro atoms. The summed E-state index contributed by atoms with van der Waals surface area (Å²) >= 11 is 0. The molecule has 0 unspecified atom stereocenters. The topological polar surface area (TPSA) is 74.3 Å². The van der Waals surface area contributed by atoms with E-state index in [4.69, 9.17) is 4.98 Å². The fourth-order valence-electron chi connectivity index (χ4n) is 4.03. The third-order valence-electron chi connectivity index (χ3n) is 5.78. The van der Waals surface area contributed by atoms with Crippen LogP contribution in [0.4, 0.5) is 5.69 Å². The van der Waals surface area contributed by atoms with Gasteiger partial charge in [-0.15, -0.1) is 0 Å². The van der Waals surface area contributed by atoms with Crippen molar-refractivity contribution in [3.8, 4) is 11.3 Å². The highest BCUT2D eigenvalue weighted by Crippen LogP contribution is 2.27. The molecule has 2 N–H and O–H groups in total. The van der Waals surface area contributed by atoms with E-state index in [0.29, 0.717) is 17.8 Å². The van der Waals surface area contributed by atoms with Gasteiger partial charge in [0.05, 0.1) is 16.8 Å². The van der Waals surface area contributed by atoms with Gasteiger partial charge in [0.2, 0.25) is 5.91 Å². The molecule has 0 aliphatic rings. The number of nitrogens with one attached hydrogen (secondary N) is 2.